The lowest BCUT2D eigenvalue weighted by Crippen LogP contribution is -2.39. The van der Waals surface area contributed by atoms with E-state index >= 15 is 0 Å². The lowest BCUT2D eigenvalue weighted by atomic mass is 9.95. The number of halogens is 2. The Balaban J connectivity index is 2.12. The zero-order valence-electron chi connectivity index (χ0n) is 15.8. The van der Waals surface area contributed by atoms with Crippen molar-refractivity contribution in [2.75, 3.05) is 20.3 Å². The number of carboxylic acids is 1. The Bertz CT molecular complexity index is 858. The summed E-state index contributed by atoms with van der Waals surface area (Å²) in [5, 5.41) is 9.61. The second-order valence-electron chi connectivity index (χ2n) is 6.65. The Labute approximate surface area is 162 Å². The van der Waals surface area contributed by atoms with Gasteiger partial charge in [0.15, 0.2) is 11.5 Å². The molecule has 2 unspecified atom stereocenters. The van der Waals surface area contributed by atoms with Gasteiger partial charge in [-0.15, -0.1) is 0 Å². The Hall–Kier alpha value is -2.67. The van der Waals surface area contributed by atoms with Crippen molar-refractivity contribution in [1.29, 1.82) is 0 Å². The first kappa shape index (κ1) is 20.1. The highest BCUT2D eigenvalue weighted by atomic mass is 19.1. The van der Waals surface area contributed by atoms with E-state index in [0.29, 0.717) is 43.1 Å². The van der Waals surface area contributed by atoms with Gasteiger partial charge in [-0.2, -0.15) is 0 Å². The molecular formula is C21H23F2NO4. The molecule has 0 amide bonds. The average Bonchev–Trinajstić information content (AvgIpc) is 3.14. The molecule has 0 aliphatic carbocycles. The first-order valence-corrected chi connectivity index (χ1v) is 9.20. The summed E-state index contributed by atoms with van der Waals surface area (Å²) in [5.74, 6) is -1.33. The Morgan fingerprint density at radius 1 is 1.25 bits per heavy atom. The van der Waals surface area contributed by atoms with Gasteiger partial charge in [-0.3, -0.25) is 9.69 Å². The van der Waals surface area contributed by atoms with Crippen LogP contribution in [0.1, 0.15) is 36.9 Å². The van der Waals surface area contributed by atoms with Crippen LogP contribution in [0.2, 0.25) is 0 Å². The summed E-state index contributed by atoms with van der Waals surface area (Å²) in [7, 11) is 1.50. The fraction of sp³-hybridized carbons (Fsp3) is 0.381. The summed E-state index contributed by atoms with van der Waals surface area (Å²) in [6.45, 7) is 2.80. The monoisotopic (exact) mass is 391 g/mol. The van der Waals surface area contributed by atoms with Crippen molar-refractivity contribution in [3.63, 3.8) is 0 Å². The van der Waals surface area contributed by atoms with E-state index in [1.54, 1.807) is 23.1 Å². The van der Waals surface area contributed by atoms with Gasteiger partial charge in [-0.25, -0.2) is 8.78 Å². The molecule has 0 saturated carbocycles. The summed E-state index contributed by atoms with van der Waals surface area (Å²) in [6.07, 6.45) is 1.16. The first-order valence-electron chi connectivity index (χ1n) is 9.20. The number of aliphatic carboxylic acids is 1. The van der Waals surface area contributed by atoms with Crippen molar-refractivity contribution in [1.82, 2.24) is 4.90 Å². The van der Waals surface area contributed by atoms with Crippen LogP contribution in [0.4, 0.5) is 8.78 Å². The van der Waals surface area contributed by atoms with E-state index in [2.05, 4.69) is 0 Å². The molecular weight excluding hydrogens is 368 g/mol. The van der Waals surface area contributed by atoms with Crippen LogP contribution < -0.4 is 9.47 Å². The van der Waals surface area contributed by atoms with Gasteiger partial charge in [0, 0.05) is 18.2 Å². The number of ether oxygens (including phenoxy) is 2. The molecule has 1 aliphatic heterocycles. The summed E-state index contributed by atoms with van der Waals surface area (Å²) in [4.78, 5) is 13.5. The molecule has 2 atom stereocenters. The molecule has 150 valence electrons. The highest BCUT2D eigenvalue weighted by Gasteiger charge is 2.38. The molecule has 1 aliphatic rings. The largest absolute Gasteiger partial charge is 0.493 e. The van der Waals surface area contributed by atoms with Gasteiger partial charge in [0.05, 0.1) is 19.8 Å². The third-order valence-electron chi connectivity index (χ3n) is 4.97. The maximum absolute atomic E-state index is 14.7. The number of hydrogen-bond donors (Lipinski definition) is 1. The molecule has 7 heteroatoms. The quantitative estimate of drug-likeness (QED) is 0.773. The molecule has 1 N–H and O–H groups in total. The molecule has 0 bridgehead atoms. The van der Waals surface area contributed by atoms with Gasteiger partial charge in [0.2, 0.25) is 0 Å². The second-order valence-corrected chi connectivity index (χ2v) is 6.65. The number of likely N-dealkylation sites (tertiary alicyclic amines) is 1. The van der Waals surface area contributed by atoms with E-state index in [0.717, 1.165) is 6.07 Å². The standard InChI is InChI=1S/C21H23F2NO4/c1-3-28-18-9-6-13(11-19(18)27-2)20(15-8-7-14(22)12-16(15)23)24-10-4-5-17(24)21(25)26/h6-9,11-12,17,20H,3-5,10H2,1-2H3,(H,25,26). The highest BCUT2D eigenvalue weighted by molar-refractivity contribution is 5.74. The molecule has 1 heterocycles. The molecule has 2 aromatic rings. The average molecular weight is 391 g/mol. The molecule has 0 aromatic heterocycles. The molecule has 5 nitrogen and oxygen atoms in total. The van der Waals surface area contributed by atoms with Gasteiger partial charge in [0.1, 0.15) is 17.7 Å². The summed E-state index contributed by atoms with van der Waals surface area (Å²) in [6, 6.07) is 7.14. The van der Waals surface area contributed by atoms with Crippen molar-refractivity contribution < 1.29 is 28.2 Å². The third-order valence-corrected chi connectivity index (χ3v) is 4.97. The van der Waals surface area contributed by atoms with Gasteiger partial charge >= 0.3 is 5.97 Å². The Kier molecular flexibility index (Phi) is 6.14. The number of benzene rings is 2. The minimum atomic E-state index is -0.956. The lowest BCUT2D eigenvalue weighted by molar-refractivity contribution is -0.142. The molecule has 3 rings (SSSR count). The number of nitrogens with zero attached hydrogens (tertiary/aromatic N) is 1. The zero-order chi connectivity index (χ0) is 20.3. The van der Waals surface area contributed by atoms with Crippen LogP contribution in [-0.4, -0.2) is 42.3 Å². The number of hydrogen-bond acceptors (Lipinski definition) is 4. The van der Waals surface area contributed by atoms with Crippen LogP contribution in [0.15, 0.2) is 36.4 Å². The Morgan fingerprint density at radius 3 is 2.68 bits per heavy atom. The second kappa shape index (κ2) is 8.56. The fourth-order valence-corrected chi connectivity index (χ4v) is 3.77. The summed E-state index contributed by atoms with van der Waals surface area (Å²) in [5.41, 5.74) is 0.875. The van der Waals surface area contributed by atoms with Crippen LogP contribution in [0, 0.1) is 11.6 Å². The van der Waals surface area contributed by atoms with E-state index < -0.39 is 29.7 Å². The maximum Gasteiger partial charge on any atom is 0.320 e. The fourth-order valence-electron chi connectivity index (χ4n) is 3.77. The maximum atomic E-state index is 14.7. The minimum absolute atomic E-state index is 0.223. The van der Waals surface area contributed by atoms with E-state index in [4.69, 9.17) is 9.47 Å². The van der Waals surface area contributed by atoms with Crippen molar-refractivity contribution in [3.8, 4) is 11.5 Å². The van der Waals surface area contributed by atoms with Gasteiger partial charge < -0.3 is 14.6 Å². The van der Waals surface area contributed by atoms with Crippen molar-refractivity contribution >= 4 is 5.97 Å². The van der Waals surface area contributed by atoms with Crippen LogP contribution in [0.5, 0.6) is 11.5 Å². The lowest BCUT2D eigenvalue weighted by Gasteiger charge is -2.32. The molecule has 2 aromatic carbocycles. The Morgan fingerprint density at radius 2 is 2.04 bits per heavy atom. The first-order chi connectivity index (χ1) is 13.5. The van der Waals surface area contributed by atoms with E-state index in [1.807, 2.05) is 6.92 Å². The van der Waals surface area contributed by atoms with Crippen molar-refractivity contribution in [2.24, 2.45) is 0 Å². The highest BCUT2D eigenvalue weighted by Crippen LogP contribution is 2.39. The van der Waals surface area contributed by atoms with E-state index in [-0.39, 0.29) is 5.56 Å². The predicted octanol–water partition coefficient (Wildman–Crippen LogP) is 4.01. The normalized spacial score (nSPS) is 18.1. The smallest absolute Gasteiger partial charge is 0.320 e. The number of rotatable bonds is 7. The summed E-state index contributed by atoms with van der Waals surface area (Å²) < 4.78 is 39.1. The number of methoxy groups -OCH3 is 1. The van der Waals surface area contributed by atoms with Gasteiger partial charge in [-0.05, 0) is 43.5 Å². The van der Waals surface area contributed by atoms with Crippen molar-refractivity contribution in [2.45, 2.75) is 31.8 Å². The molecule has 0 spiro atoms. The van der Waals surface area contributed by atoms with Crippen LogP contribution in [0.3, 0.4) is 0 Å². The van der Waals surface area contributed by atoms with E-state index in [1.165, 1.54) is 19.2 Å². The van der Waals surface area contributed by atoms with Crippen LogP contribution >= 0.6 is 0 Å². The molecule has 28 heavy (non-hydrogen) atoms. The van der Waals surface area contributed by atoms with Gasteiger partial charge in [0.25, 0.3) is 0 Å². The number of carboxylic acid groups (broad SMARTS) is 1. The van der Waals surface area contributed by atoms with Gasteiger partial charge in [-0.1, -0.05) is 12.1 Å². The molecule has 0 radical (unpaired) electrons. The van der Waals surface area contributed by atoms with Crippen LogP contribution in [-0.2, 0) is 4.79 Å². The van der Waals surface area contributed by atoms with E-state index in [9.17, 15) is 18.7 Å². The SMILES string of the molecule is CCOc1ccc(C(c2ccc(F)cc2F)N2CCCC2C(=O)O)cc1OC. The third kappa shape index (κ3) is 3.94. The zero-order valence-corrected chi connectivity index (χ0v) is 15.8. The predicted molar refractivity (Wildman–Crippen MR) is 99.7 cm³/mol. The summed E-state index contributed by atoms with van der Waals surface area (Å²) >= 11 is 0. The van der Waals surface area contributed by atoms with Crippen LogP contribution in [0.25, 0.3) is 0 Å². The number of carbonyl (C=O) groups is 1. The van der Waals surface area contributed by atoms with Crippen molar-refractivity contribution in [3.05, 3.63) is 59.2 Å². The topological polar surface area (TPSA) is 59.0 Å². The minimum Gasteiger partial charge on any atom is -0.493 e. The molecule has 1 fully saturated rings. The molecule has 1 saturated heterocycles.